The number of nitrogens with one attached hydrogen (secondary N) is 3. The fourth-order valence-corrected chi connectivity index (χ4v) is 3.52. The molecule has 0 amide bonds. The van der Waals surface area contributed by atoms with E-state index in [2.05, 4.69) is 92.6 Å². The van der Waals surface area contributed by atoms with Crippen LogP contribution in [0.4, 0.5) is 0 Å². The van der Waals surface area contributed by atoms with Crippen molar-refractivity contribution in [3.05, 3.63) is 0 Å². The molecule has 182 valence electrons. The monoisotopic (exact) mass is 431 g/mol. The molecule has 5 unspecified atom stereocenters. The molecule has 0 aliphatic rings. The molecule has 0 saturated heterocycles. The van der Waals surface area contributed by atoms with Gasteiger partial charge in [-0.2, -0.15) is 16.4 Å². The Morgan fingerprint density at radius 1 is 0.833 bits per heavy atom. The van der Waals surface area contributed by atoms with Gasteiger partial charge in [0.05, 0.1) is 23.9 Å². The molecule has 6 nitrogen and oxygen atoms in total. The van der Waals surface area contributed by atoms with Gasteiger partial charge in [0.25, 0.3) is 0 Å². The summed E-state index contributed by atoms with van der Waals surface area (Å²) in [5.74, 6) is 1.05. The van der Waals surface area contributed by atoms with Gasteiger partial charge < -0.3 is 0 Å². The minimum absolute atomic E-state index is 0.0438. The summed E-state index contributed by atoms with van der Waals surface area (Å²) in [6, 6.07) is -0.0438. The third kappa shape index (κ3) is 10.9. The Morgan fingerprint density at radius 3 is 1.93 bits per heavy atom. The van der Waals surface area contributed by atoms with Crippen molar-refractivity contribution in [3.63, 3.8) is 0 Å². The number of hydroxylamine groups is 3. The van der Waals surface area contributed by atoms with Crippen molar-refractivity contribution in [2.45, 2.75) is 144 Å². The highest BCUT2D eigenvalue weighted by molar-refractivity contribution is 4.90. The SMILES string of the molecule is CCCC(C)(C)ONC(CC)(NOC(C)CC(C)C)C(CC)NOC(C)C(C)CC. The fourth-order valence-electron chi connectivity index (χ4n) is 3.52. The molecular weight excluding hydrogens is 378 g/mol. The van der Waals surface area contributed by atoms with E-state index < -0.39 is 5.66 Å². The second kappa shape index (κ2) is 14.8. The van der Waals surface area contributed by atoms with E-state index in [-0.39, 0.29) is 23.9 Å². The fraction of sp³-hybridized carbons (Fsp3) is 1.00. The predicted molar refractivity (Wildman–Crippen MR) is 127 cm³/mol. The van der Waals surface area contributed by atoms with Gasteiger partial charge in [0.15, 0.2) is 0 Å². The van der Waals surface area contributed by atoms with Gasteiger partial charge in [-0.25, -0.2) is 0 Å². The first kappa shape index (κ1) is 29.8. The van der Waals surface area contributed by atoms with Crippen molar-refractivity contribution in [2.75, 3.05) is 0 Å². The van der Waals surface area contributed by atoms with E-state index in [0.29, 0.717) is 11.8 Å². The molecule has 3 N–H and O–H groups in total. The van der Waals surface area contributed by atoms with Gasteiger partial charge in [-0.05, 0) is 65.2 Å². The maximum Gasteiger partial charge on any atom is 0.132 e. The van der Waals surface area contributed by atoms with Crippen LogP contribution in [0.5, 0.6) is 0 Å². The van der Waals surface area contributed by atoms with Crippen molar-refractivity contribution < 1.29 is 14.5 Å². The Bertz CT molecular complexity index is 434. The van der Waals surface area contributed by atoms with E-state index in [1.54, 1.807) is 0 Å². The van der Waals surface area contributed by atoms with Crippen LogP contribution in [-0.2, 0) is 14.5 Å². The van der Waals surface area contributed by atoms with Gasteiger partial charge >= 0.3 is 0 Å². The summed E-state index contributed by atoms with van der Waals surface area (Å²) in [5.41, 5.74) is 9.12. The van der Waals surface area contributed by atoms with Crippen LogP contribution in [-0.4, -0.2) is 29.5 Å². The number of hydrogen-bond acceptors (Lipinski definition) is 6. The zero-order valence-corrected chi connectivity index (χ0v) is 21.9. The molecule has 0 spiro atoms. The molecule has 0 saturated carbocycles. The molecule has 0 fully saturated rings. The highest BCUT2D eigenvalue weighted by Crippen LogP contribution is 2.22. The molecule has 0 rings (SSSR count). The summed E-state index contributed by atoms with van der Waals surface area (Å²) in [5, 5.41) is 0. The summed E-state index contributed by atoms with van der Waals surface area (Å²) in [6.45, 7) is 23.7. The van der Waals surface area contributed by atoms with Crippen LogP contribution in [0.3, 0.4) is 0 Å². The van der Waals surface area contributed by atoms with Crippen LogP contribution in [0, 0.1) is 11.8 Å². The van der Waals surface area contributed by atoms with Crippen LogP contribution in [0.1, 0.15) is 115 Å². The zero-order valence-electron chi connectivity index (χ0n) is 21.9. The molecule has 0 aromatic heterocycles. The topological polar surface area (TPSA) is 63.8 Å². The Hall–Kier alpha value is -0.240. The summed E-state index contributed by atoms with van der Waals surface area (Å²) in [7, 11) is 0. The van der Waals surface area contributed by atoms with Gasteiger partial charge in [0, 0.05) is 0 Å². The lowest BCUT2D eigenvalue weighted by atomic mass is 9.97. The van der Waals surface area contributed by atoms with Crippen molar-refractivity contribution in [1.29, 1.82) is 0 Å². The van der Waals surface area contributed by atoms with Gasteiger partial charge in [0.1, 0.15) is 5.66 Å². The minimum atomic E-state index is -0.625. The summed E-state index contributed by atoms with van der Waals surface area (Å²) in [6.07, 6.45) is 5.93. The van der Waals surface area contributed by atoms with Gasteiger partial charge in [-0.15, -0.1) is 0 Å². The summed E-state index contributed by atoms with van der Waals surface area (Å²) in [4.78, 5) is 18.4. The van der Waals surface area contributed by atoms with Crippen LogP contribution < -0.4 is 16.4 Å². The van der Waals surface area contributed by atoms with Crippen LogP contribution >= 0.6 is 0 Å². The van der Waals surface area contributed by atoms with E-state index in [9.17, 15) is 0 Å². The summed E-state index contributed by atoms with van der Waals surface area (Å²) >= 11 is 0. The Morgan fingerprint density at radius 2 is 1.47 bits per heavy atom. The standard InChI is InChI=1S/C24H53N3O3/c1-12-16-23(10,11)30-27-24(15-4,26-28-20(8)17-18(5)6)22(14-3)25-29-21(9)19(7)13-2/h18-22,25-27H,12-17H2,1-11H3. The molecule has 30 heavy (non-hydrogen) atoms. The average Bonchev–Trinajstić information content (AvgIpc) is 2.68. The first-order chi connectivity index (χ1) is 14.0. The second-order valence-corrected chi connectivity index (χ2v) is 9.99. The first-order valence-corrected chi connectivity index (χ1v) is 12.3. The lowest BCUT2D eigenvalue weighted by Gasteiger charge is -2.43. The van der Waals surface area contributed by atoms with Crippen molar-refractivity contribution in [2.24, 2.45) is 11.8 Å². The van der Waals surface area contributed by atoms with E-state index in [1.165, 1.54) is 0 Å². The molecule has 0 aliphatic carbocycles. The molecule has 0 radical (unpaired) electrons. The lowest BCUT2D eigenvalue weighted by Crippen LogP contribution is -2.69. The Balaban J connectivity index is 5.44. The molecular formula is C24H53N3O3. The largest absolute Gasteiger partial charge is 0.298 e. The molecule has 0 aromatic rings. The average molecular weight is 432 g/mol. The first-order valence-electron chi connectivity index (χ1n) is 12.3. The van der Waals surface area contributed by atoms with Gasteiger partial charge in [-0.1, -0.05) is 61.3 Å². The quantitative estimate of drug-likeness (QED) is 0.186. The van der Waals surface area contributed by atoms with Crippen molar-refractivity contribution in [3.8, 4) is 0 Å². The normalized spacial score (nSPS) is 18.8. The van der Waals surface area contributed by atoms with E-state index >= 15 is 0 Å². The molecule has 0 aromatic carbocycles. The highest BCUT2D eigenvalue weighted by Gasteiger charge is 2.40. The smallest absolute Gasteiger partial charge is 0.132 e. The lowest BCUT2D eigenvalue weighted by molar-refractivity contribution is -0.202. The molecule has 0 bridgehead atoms. The van der Waals surface area contributed by atoms with Crippen LogP contribution in [0.15, 0.2) is 0 Å². The highest BCUT2D eigenvalue weighted by atomic mass is 16.7. The maximum absolute atomic E-state index is 6.21. The summed E-state index contributed by atoms with van der Waals surface area (Å²) < 4.78 is 0. The van der Waals surface area contributed by atoms with E-state index in [1.807, 2.05) is 0 Å². The van der Waals surface area contributed by atoms with Crippen LogP contribution in [0.2, 0.25) is 0 Å². The minimum Gasteiger partial charge on any atom is -0.298 e. The molecule has 5 atom stereocenters. The number of rotatable bonds is 18. The van der Waals surface area contributed by atoms with Gasteiger partial charge in [0.2, 0.25) is 0 Å². The molecule has 0 heterocycles. The molecule has 6 heteroatoms. The van der Waals surface area contributed by atoms with Crippen molar-refractivity contribution >= 4 is 0 Å². The maximum atomic E-state index is 6.21. The molecule has 0 aliphatic heterocycles. The van der Waals surface area contributed by atoms with Crippen LogP contribution in [0.25, 0.3) is 0 Å². The Labute approximate surface area is 187 Å². The second-order valence-electron chi connectivity index (χ2n) is 9.99. The Kier molecular flexibility index (Phi) is 14.6. The number of hydrogen-bond donors (Lipinski definition) is 3. The third-order valence-electron chi connectivity index (χ3n) is 6.01. The zero-order chi connectivity index (χ0) is 23.4. The van der Waals surface area contributed by atoms with E-state index in [0.717, 1.165) is 38.5 Å². The van der Waals surface area contributed by atoms with Crippen molar-refractivity contribution in [1.82, 2.24) is 16.4 Å². The predicted octanol–water partition coefficient (Wildman–Crippen LogP) is 5.88. The third-order valence-corrected chi connectivity index (χ3v) is 6.01. The van der Waals surface area contributed by atoms with Gasteiger partial charge in [-0.3, -0.25) is 14.5 Å². The van der Waals surface area contributed by atoms with E-state index in [4.69, 9.17) is 14.5 Å².